The Hall–Kier alpha value is -3.16. The zero-order chi connectivity index (χ0) is 18.1. The van der Waals surface area contributed by atoms with Crippen molar-refractivity contribution in [2.75, 3.05) is 23.4 Å². The van der Waals surface area contributed by atoms with Crippen molar-refractivity contribution in [3.63, 3.8) is 0 Å². The van der Waals surface area contributed by atoms with Gasteiger partial charge in [0, 0.05) is 37.9 Å². The fraction of sp³-hybridized carbons (Fsp3) is 0.294. The van der Waals surface area contributed by atoms with E-state index in [1.807, 2.05) is 43.1 Å². The Morgan fingerprint density at radius 1 is 1.04 bits per heavy atom. The largest absolute Gasteiger partial charge is 0.372 e. The average molecular weight is 342 g/mol. The summed E-state index contributed by atoms with van der Waals surface area (Å²) in [7, 11) is 1.99. The van der Waals surface area contributed by atoms with Crippen molar-refractivity contribution >= 4 is 22.7 Å². The van der Waals surface area contributed by atoms with Gasteiger partial charge in [-0.3, -0.25) is 20.2 Å². The molecule has 0 spiro atoms. The van der Waals surface area contributed by atoms with E-state index in [1.165, 1.54) is 12.1 Å². The topological polar surface area (TPSA) is 92.8 Å². The Balaban J connectivity index is 2.09. The van der Waals surface area contributed by atoms with Gasteiger partial charge in [0.15, 0.2) is 0 Å². The summed E-state index contributed by atoms with van der Waals surface area (Å²) >= 11 is 0. The van der Waals surface area contributed by atoms with E-state index >= 15 is 0 Å². The van der Waals surface area contributed by atoms with Crippen LogP contribution in [0.2, 0.25) is 0 Å². The van der Waals surface area contributed by atoms with Crippen LogP contribution in [0, 0.1) is 20.2 Å². The summed E-state index contributed by atoms with van der Waals surface area (Å²) in [5, 5.41) is 22.4. The molecule has 1 aliphatic rings. The van der Waals surface area contributed by atoms with E-state index in [2.05, 4.69) is 4.90 Å². The molecule has 0 bridgehead atoms. The number of hydrogen-bond donors (Lipinski definition) is 0. The monoisotopic (exact) mass is 342 g/mol. The maximum atomic E-state index is 11.5. The highest BCUT2D eigenvalue weighted by atomic mass is 16.6. The first kappa shape index (κ1) is 16.7. The van der Waals surface area contributed by atoms with Crippen molar-refractivity contribution in [2.24, 2.45) is 0 Å². The Bertz CT molecular complexity index is 839. The number of nitrogens with zero attached hydrogens (tertiary/aromatic N) is 4. The van der Waals surface area contributed by atoms with Gasteiger partial charge in [-0.2, -0.15) is 0 Å². The first-order chi connectivity index (χ1) is 11.9. The van der Waals surface area contributed by atoms with Crippen LogP contribution in [0.4, 0.5) is 22.7 Å². The minimum atomic E-state index is -0.619. The van der Waals surface area contributed by atoms with Gasteiger partial charge < -0.3 is 9.80 Å². The van der Waals surface area contributed by atoms with E-state index in [1.54, 1.807) is 0 Å². The van der Waals surface area contributed by atoms with E-state index in [-0.39, 0.29) is 17.4 Å². The third-order valence-corrected chi connectivity index (χ3v) is 4.49. The smallest absolute Gasteiger partial charge is 0.299 e. The SMILES string of the molecule is CC1CN(C)c2ccccc2CN1c1ccc([N+](=O)[O-])cc1[N+](=O)[O-]. The highest BCUT2D eigenvalue weighted by Crippen LogP contribution is 2.36. The Morgan fingerprint density at radius 2 is 1.76 bits per heavy atom. The maximum absolute atomic E-state index is 11.5. The number of nitro benzene ring substituents is 2. The Kier molecular flexibility index (Phi) is 4.26. The minimum absolute atomic E-state index is 0.00226. The van der Waals surface area contributed by atoms with Gasteiger partial charge in [0.2, 0.25) is 0 Å². The molecule has 0 aliphatic carbocycles. The molecule has 0 saturated heterocycles. The van der Waals surface area contributed by atoms with Crippen molar-refractivity contribution in [3.8, 4) is 0 Å². The molecule has 130 valence electrons. The Morgan fingerprint density at radius 3 is 2.44 bits per heavy atom. The lowest BCUT2D eigenvalue weighted by Gasteiger charge is -2.30. The molecule has 0 radical (unpaired) electrons. The van der Waals surface area contributed by atoms with Crippen LogP contribution < -0.4 is 9.80 Å². The summed E-state index contributed by atoms with van der Waals surface area (Å²) < 4.78 is 0. The molecule has 1 heterocycles. The second kappa shape index (κ2) is 6.39. The van der Waals surface area contributed by atoms with Gasteiger partial charge in [-0.25, -0.2) is 0 Å². The Labute approximate surface area is 144 Å². The summed E-state index contributed by atoms with van der Waals surface area (Å²) in [6.07, 6.45) is 0. The highest BCUT2D eigenvalue weighted by molar-refractivity contribution is 5.69. The molecule has 3 rings (SSSR count). The molecular formula is C17H18N4O4. The standard InChI is InChI=1S/C17H18N4O4/c1-12-10-18(2)15-6-4-3-5-13(15)11-19(12)16-8-7-14(20(22)23)9-17(16)21(24)25/h3-9,12H,10-11H2,1-2H3. The summed E-state index contributed by atoms with van der Waals surface area (Å²) in [5.41, 5.74) is 2.01. The normalized spacial score (nSPS) is 17.0. The molecule has 8 heteroatoms. The molecule has 0 saturated carbocycles. The highest BCUT2D eigenvalue weighted by Gasteiger charge is 2.29. The van der Waals surface area contributed by atoms with Crippen LogP contribution in [-0.4, -0.2) is 29.5 Å². The molecule has 0 fully saturated rings. The number of benzene rings is 2. The van der Waals surface area contributed by atoms with Crippen molar-refractivity contribution in [1.82, 2.24) is 0 Å². The van der Waals surface area contributed by atoms with Crippen LogP contribution in [0.3, 0.4) is 0 Å². The predicted molar refractivity (Wildman–Crippen MR) is 95.1 cm³/mol. The number of hydrogen-bond acceptors (Lipinski definition) is 6. The van der Waals surface area contributed by atoms with Crippen LogP contribution in [0.1, 0.15) is 12.5 Å². The molecule has 1 aliphatic heterocycles. The number of anilines is 2. The lowest BCUT2D eigenvalue weighted by molar-refractivity contribution is -0.393. The van der Waals surface area contributed by atoms with Crippen molar-refractivity contribution in [1.29, 1.82) is 0 Å². The number of likely N-dealkylation sites (N-methyl/N-ethyl adjacent to an activating group) is 1. The zero-order valence-electron chi connectivity index (χ0n) is 14.0. The van der Waals surface area contributed by atoms with Gasteiger partial charge in [-0.15, -0.1) is 0 Å². The van der Waals surface area contributed by atoms with E-state index in [0.29, 0.717) is 18.8 Å². The molecule has 0 N–H and O–H groups in total. The quantitative estimate of drug-likeness (QED) is 0.627. The van der Waals surface area contributed by atoms with Gasteiger partial charge in [-0.05, 0) is 24.6 Å². The summed E-state index contributed by atoms with van der Waals surface area (Å²) in [5.74, 6) is 0. The number of para-hydroxylation sites is 1. The third-order valence-electron chi connectivity index (χ3n) is 4.49. The van der Waals surface area contributed by atoms with E-state index in [4.69, 9.17) is 0 Å². The lowest BCUT2D eigenvalue weighted by Crippen LogP contribution is -2.38. The first-order valence-corrected chi connectivity index (χ1v) is 7.87. The van der Waals surface area contributed by atoms with E-state index < -0.39 is 9.85 Å². The summed E-state index contributed by atoms with van der Waals surface area (Å²) in [6.45, 7) is 3.18. The van der Waals surface area contributed by atoms with Crippen molar-refractivity contribution in [2.45, 2.75) is 19.5 Å². The number of rotatable bonds is 3. The minimum Gasteiger partial charge on any atom is -0.372 e. The average Bonchev–Trinajstić information content (AvgIpc) is 2.71. The fourth-order valence-corrected chi connectivity index (χ4v) is 3.29. The zero-order valence-corrected chi connectivity index (χ0v) is 14.0. The third kappa shape index (κ3) is 3.10. The van der Waals surface area contributed by atoms with Gasteiger partial charge in [0.05, 0.1) is 15.9 Å². The fourth-order valence-electron chi connectivity index (χ4n) is 3.29. The van der Waals surface area contributed by atoms with Crippen LogP contribution in [-0.2, 0) is 6.54 Å². The van der Waals surface area contributed by atoms with E-state index in [0.717, 1.165) is 17.3 Å². The van der Waals surface area contributed by atoms with Crippen LogP contribution in [0.15, 0.2) is 42.5 Å². The molecule has 1 atom stereocenters. The van der Waals surface area contributed by atoms with Gasteiger partial charge in [0.25, 0.3) is 11.4 Å². The molecule has 2 aromatic carbocycles. The van der Waals surface area contributed by atoms with Gasteiger partial charge >= 0.3 is 0 Å². The van der Waals surface area contributed by atoms with Gasteiger partial charge in [0.1, 0.15) is 5.69 Å². The summed E-state index contributed by atoms with van der Waals surface area (Å²) in [6, 6.07) is 11.7. The molecule has 1 unspecified atom stereocenters. The number of nitro groups is 2. The van der Waals surface area contributed by atoms with Gasteiger partial charge in [-0.1, -0.05) is 18.2 Å². The van der Waals surface area contributed by atoms with Crippen LogP contribution >= 0.6 is 0 Å². The first-order valence-electron chi connectivity index (χ1n) is 7.87. The number of fused-ring (bicyclic) bond motifs is 1. The number of non-ortho nitro benzene ring substituents is 1. The molecule has 0 amide bonds. The lowest BCUT2D eigenvalue weighted by atomic mass is 10.1. The molecule has 0 aromatic heterocycles. The predicted octanol–water partition coefficient (Wildman–Crippen LogP) is 3.35. The van der Waals surface area contributed by atoms with Crippen LogP contribution in [0.25, 0.3) is 0 Å². The van der Waals surface area contributed by atoms with Crippen molar-refractivity contribution in [3.05, 3.63) is 68.3 Å². The summed E-state index contributed by atoms with van der Waals surface area (Å²) in [4.78, 5) is 25.3. The van der Waals surface area contributed by atoms with E-state index in [9.17, 15) is 20.2 Å². The van der Waals surface area contributed by atoms with Crippen LogP contribution in [0.5, 0.6) is 0 Å². The maximum Gasteiger partial charge on any atom is 0.299 e. The molecule has 8 nitrogen and oxygen atoms in total. The molecule has 2 aromatic rings. The second-order valence-corrected chi connectivity index (χ2v) is 6.17. The molecule has 25 heavy (non-hydrogen) atoms. The van der Waals surface area contributed by atoms with Crippen molar-refractivity contribution < 1.29 is 9.85 Å². The second-order valence-electron chi connectivity index (χ2n) is 6.17. The molecular weight excluding hydrogens is 324 g/mol.